The van der Waals surface area contributed by atoms with Crippen LogP contribution in [0.4, 0.5) is 10.1 Å². The summed E-state index contributed by atoms with van der Waals surface area (Å²) in [5.41, 5.74) is 0.537. The average molecular weight is 507 g/mol. The van der Waals surface area contributed by atoms with Gasteiger partial charge in [-0.15, -0.1) is 0 Å². The van der Waals surface area contributed by atoms with Crippen molar-refractivity contribution in [1.82, 2.24) is 14.5 Å². The summed E-state index contributed by atoms with van der Waals surface area (Å²) in [5, 5.41) is 2.91. The van der Waals surface area contributed by atoms with Gasteiger partial charge in [-0.3, -0.25) is 9.59 Å². The van der Waals surface area contributed by atoms with E-state index in [-0.39, 0.29) is 24.2 Å². The first-order chi connectivity index (χ1) is 16.5. The minimum atomic E-state index is -4.21. The van der Waals surface area contributed by atoms with Crippen molar-refractivity contribution in [3.8, 4) is 0 Å². The summed E-state index contributed by atoms with van der Waals surface area (Å²) in [6, 6.07) is 13.6. The van der Waals surface area contributed by atoms with Crippen LogP contribution in [0.15, 0.2) is 54.6 Å². The summed E-state index contributed by atoms with van der Waals surface area (Å²) in [5.74, 6) is -1.71. The Morgan fingerprint density at radius 3 is 2.11 bits per heavy atom. The summed E-state index contributed by atoms with van der Waals surface area (Å²) >= 11 is 0. The molecule has 0 fully saturated rings. The number of halogens is 1. The molecule has 0 saturated carbocycles. The highest BCUT2D eigenvalue weighted by atomic mass is 32.2. The number of para-hydroxylation sites is 1. The number of carbonyl (C=O) groups is 2. The average Bonchev–Trinajstić information content (AvgIpc) is 2.83. The second-order valence-corrected chi connectivity index (χ2v) is 10.6. The van der Waals surface area contributed by atoms with Crippen LogP contribution in [0.5, 0.6) is 0 Å². The first-order valence-corrected chi connectivity index (χ1v) is 13.0. The molecule has 1 N–H and O–H groups in total. The van der Waals surface area contributed by atoms with Crippen LogP contribution in [0.3, 0.4) is 0 Å². The van der Waals surface area contributed by atoms with E-state index < -0.39 is 34.5 Å². The van der Waals surface area contributed by atoms with Gasteiger partial charge < -0.3 is 10.2 Å². The van der Waals surface area contributed by atoms with Gasteiger partial charge in [0.2, 0.25) is 11.8 Å². The molecule has 0 aromatic heterocycles. The summed E-state index contributed by atoms with van der Waals surface area (Å²) < 4.78 is 42.5. The van der Waals surface area contributed by atoms with E-state index in [9.17, 15) is 22.4 Å². The van der Waals surface area contributed by atoms with Crippen LogP contribution in [-0.4, -0.2) is 62.2 Å². The Morgan fingerprint density at radius 2 is 1.57 bits per heavy atom. The van der Waals surface area contributed by atoms with Crippen molar-refractivity contribution in [2.24, 2.45) is 0 Å². The molecule has 0 aliphatic carbocycles. The Bertz CT molecular complexity index is 1100. The molecule has 2 aromatic rings. The fourth-order valence-electron chi connectivity index (χ4n) is 3.50. The van der Waals surface area contributed by atoms with Crippen LogP contribution in [0.1, 0.15) is 39.2 Å². The first kappa shape index (κ1) is 28.3. The number of carbonyl (C=O) groups excluding carboxylic acids is 2. The highest BCUT2D eigenvalue weighted by Crippen LogP contribution is 2.24. The van der Waals surface area contributed by atoms with Gasteiger partial charge in [-0.1, -0.05) is 56.3 Å². The lowest BCUT2D eigenvalue weighted by atomic mass is 10.1. The van der Waals surface area contributed by atoms with Crippen LogP contribution < -0.4 is 9.62 Å². The van der Waals surface area contributed by atoms with Gasteiger partial charge in [-0.2, -0.15) is 12.7 Å². The molecule has 0 unspecified atom stereocenters. The second-order valence-electron chi connectivity index (χ2n) is 8.50. The second kappa shape index (κ2) is 12.6. The predicted octanol–water partition coefficient (Wildman–Crippen LogP) is 3.16. The van der Waals surface area contributed by atoms with Crippen LogP contribution in [-0.2, 0) is 26.3 Å². The Balaban J connectivity index is 2.49. The molecular formula is C25H35FN4O4S. The van der Waals surface area contributed by atoms with Gasteiger partial charge in [0.1, 0.15) is 18.4 Å². The van der Waals surface area contributed by atoms with Crippen molar-refractivity contribution in [2.45, 2.75) is 52.2 Å². The van der Waals surface area contributed by atoms with Crippen LogP contribution in [0.2, 0.25) is 0 Å². The summed E-state index contributed by atoms with van der Waals surface area (Å²) in [6.45, 7) is 5.03. The Morgan fingerprint density at radius 1 is 0.971 bits per heavy atom. The molecule has 2 rings (SSSR count). The van der Waals surface area contributed by atoms with E-state index in [1.54, 1.807) is 6.92 Å². The third-order valence-electron chi connectivity index (χ3n) is 5.72. The maximum Gasteiger partial charge on any atom is 0.304 e. The molecule has 10 heteroatoms. The third kappa shape index (κ3) is 7.25. The number of benzene rings is 2. The van der Waals surface area contributed by atoms with Crippen molar-refractivity contribution in [1.29, 1.82) is 0 Å². The summed E-state index contributed by atoms with van der Waals surface area (Å²) in [4.78, 5) is 28.1. The van der Waals surface area contributed by atoms with Crippen molar-refractivity contribution >= 4 is 27.7 Å². The van der Waals surface area contributed by atoms with Crippen molar-refractivity contribution in [3.05, 3.63) is 66.0 Å². The molecule has 0 aliphatic rings. The van der Waals surface area contributed by atoms with Gasteiger partial charge in [-0.05, 0) is 37.5 Å². The highest BCUT2D eigenvalue weighted by molar-refractivity contribution is 7.90. The largest absolute Gasteiger partial charge is 0.352 e. The molecule has 0 radical (unpaired) electrons. The molecule has 35 heavy (non-hydrogen) atoms. The van der Waals surface area contributed by atoms with Crippen molar-refractivity contribution in [3.63, 3.8) is 0 Å². The number of anilines is 1. The molecule has 0 aliphatic heterocycles. The smallest absolute Gasteiger partial charge is 0.304 e. The van der Waals surface area contributed by atoms with Crippen molar-refractivity contribution < 1.29 is 22.4 Å². The zero-order valence-electron chi connectivity index (χ0n) is 20.9. The number of amides is 2. The Labute approximate surface area is 207 Å². The fourth-order valence-corrected chi connectivity index (χ4v) is 4.56. The zero-order valence-corrected chi connectivity index (χ0v) is 21.8. The highest BCUT2D eigenvalue weighted by Gasteiger charge is 2.34. The molecular weight excluding hydrogens is 471 g/mol. The van der Waals surface area contributed by atoms with E-state index >= 15 is 0 Å². The van der Waals surface area contributed by atoms with E-state index in [1.807, 2.05) is 44.2 Å². The molecule has 8 nitrogen and oxygen atoms in total. The number of nitrogens with zero attached hydrogens (tertiary/aromatic N) is 3. The quantitative estimate of drug-likeness (QED) is 0.479. The van der Waals surface area contributed by atoms with E-state index in [1.165, 1.54) is 37.2 Å². The molecule has 0 spiro atoms. The summed E-state index contributed by atoms with van der Waals surface area (Å²) in [7, 11) is -1.59. The van der Waals surface area contributed by atoms with Gasteiger partial charge in [0.25, 0.3) is 0 Å². The van der Waals surface area contributed by atoms with Crippen LogP contribution in [0, 0.1) is 5.82 Å². The van der Waals surface area contributed by atoms with E-state index in [2.05, 4.69) is 5.32 Å². The van der Waals surface area contributed by atoms with E-state index in [4.69, 9.17) is 0 Å². The lowest BCUT2D eigenvalue weighted by Gasteiger charge is -2.34. The first-order valence-electron chi connectivity index (χ1n) is 11.6. The SMILES string of the molecule is CC[C@H](C)NC(=O)[C@H](CC)N(Cc1ccccc1)C(=O)CN(c1ccccc1F)S(=O)(=O)N(C)C. The predicted molar refractivity (Wildman–Crippen MR) is 135 cm³/mol. The minimum Gasteiger partial charge on any atom is -0.352 e. The molecule has 0 heterocycles. The van der Waals surface area contributed by atoms with Crippen LogP contribution >= 0.6 is 0 Å². The summed E-state index contributed by atoms with van der Waals surface area (Å²) in [6.07, 6.45) is 1.04. The number of hydrogen-bond acceptors (Lipinski definition) is 4. The van der Waals surface area contributed by atoms with E-state index in [0.717, 1.165) is 26.7 Å². The Kier molecular flexibility index (Phi) is 10.2. The maximum atomic E-state index is 14.7. The maximum absolute atomic E-state index is 14.7. The molecule has 2 aromatic carbocycles. The number of nitrogens with one attached hydrogen (secondary N) is 1. The Hall–Kier alpha value is -2.98. The van der Waals surface area contributed by atoms with Gasteiger partial charge in [0, 0.05) is 26.7 Å². The standard InChI is InChI=1S/C25H35FN4O4S/c1-6-19(3)27-25(32)22(7-2)29(17-20-13-9-8-10-14-20)24(31)18-30(35(33,34)28(4)5)23-16-12-11-15-21(23)26/h8-16,19,22H,6-7,17-18H2,1-5H3,(H,27,32)/t19-,22-/m0/s1. The molecule has 0 saturated heterocycles. The van der Waals surface area contributed by atoms with Gasteiger partial charge in [0.05, 0.1) is 5.69 Å². The lowest BCUT2D eigenvalue weighted by molar-refractivity contribution is -0.140. The fraction of sp³-hybridized carbons (Fsp3) is 0.440. The molecule has 2 atom stereocenters. The van der Waals surface area contributed by atoms with Gasteiger partial charge in [-0.25, -0.2) is 8.70 Å². The minimum absolute atomic E-state index is 0.0886. The monoisotopic (exact) mass is 506 g/mol. The van der Waals surface area contributed by atoms with E-state index in [0.29, 0.717) is 6.42 Å². The number of rotatable bonds is 12. The van der Waals surface area contributed by atoms with Crippen LogP contribution in [0.25, 0.3) is 0 Å². The van der Waals surface area contributed by atoms with Gasteiger partial charge >= 0.3 is 10.2 Å². The zero-order chi connectivity index (χ0) is 26.2. The topological polar surface area (TPSA) is 90.0 Å². The third-order valence-corrected chi connectivity index (χ3v) is 7.53. The van der Waals surface area contributed by atoms with Gasteiger partial charge in [0.15, 0.2) is 0 Å². The molecule has 2 amide bonds. The molecule has 192 valence electrons. The number of hydrogen-bond donors (Lipinski definition) is 1. The molecule has 0 bridgehead atoms. The van der Waals surface area contributed by atoms with Crippen molar-refractivity contribution in [2.75, 3.05) is 24.9 Å². The normalized spacial score (nSPS) is 13.2. The lowest BCUT2D eigenvalue weighted by Crippen LogP contribution is -2.54.